The van der Waals surface area contributed by atoms with E-state index >= 15 is 0 Å². The third-order valence-electron chi connectivity index (χ3n) is 5.55. The minimum absolute atomic E-state index is 0.0641. The van der Waals surface area contributed by atoms with E-state index in [4.69, 9.17) is 0 Å². The molecule has 0 aromatic carbocycles. The van der Waals surface area contributed by atoms with Crippen molar-refractivity contribution in [2.75, 3.05) is 26.2 Å². The summed E-state index contributed by atoms with van der Waals surface area (Å²) in [5.41, 5.74) is 1.96. The second kappa shape index (κ2) is 8.62. The summed E-state index contributed by atoms with van der Waals surface area (Å²) in [6.07, 6.45) is 6.18. The highest BCUT2D eigenvalue weighted by Crippen LogP contribution is 2.32. The van der Waals surface area contributed by atoms with E-state index < -0.39 is 0 Å². The van der Waals surface area contributed by atoms with Gasteiger partial charge in [0.15, 0.2) is 0 Å². The van der Waals surface area contributed by atoms with Crippen molar-refractivity contribution in [2.45, 2.75) is 52.1 Å². The van der Waals surface area contributed by atoms with Crippen molar-refractivity contribution in [1.29, 1.82) is 0 Å². The first kappa shape index (κ1) is 18.8. The number of nitrogens with one attached hydrogen (secondary N) is 1. The van der Waals surface area contributed by atoms with Gasteiger partial charge >= 0.3 is 0 Å². The van der Waals surface area contributed by atoms with Crippen LogP contribution in [-0.4, -0.2) is 52.8 Å². The molecule has 6 nitrogen and oxygen atoms in total. The topological polar surface area (TPSA) is 65.5 Å². The molecule has 26 heavy (non-hydrogen) atoms. The molecule has 2 fully saturated rings. The van der Waals surface area contributed by atoms with Crippen LogP contribution >= 0.6 is 0 Å². The number of aromatic nitrogens is 1. The van der Waals surface area contributed by atoms with Crippen molar-refractivity contribution >= 4 is 11.8 Å². The van der Waals surface area contributed by atoms with Crippen molar-refractivity contribution in [3.8, 4) is 0 Å². The standard InChI is InChI=1S/C20H30N4O2/c1-15-6-10-23(11-7-15)14-20(26)24-9-3-4-19(24)17-5-8-21-18(12-17)13-22-16(2)25/h5,8,12,15,19H,3-4,6-7,9-11,13-14H2,1-2H3,(H,22,25)/t19-/m0/s1. The second-order valence-corrected chi connectivity index (χ2v) is 7.69. The van der Waals surface area contributed by atoms with Gasteiger partial charge in [-0.2, -0.15) is 0 Å². The maximum absolute atomic E-state index is 12.9. The summed E-state index contributed by atoms with van der Waals surface area (Å²) in [5, 5.41) is 2.78. The lowest BCUT2D eigenvalue weighted by Crippen LogP contribution is -2.43. The summed E-state index contributed by atoms with van der Waals surface area (Å²) in [6, 6.07) is 4.15. The number of amides is 2. The molecular weight excluding hydrogens is 328 g/mol. The van der Waals surface area contributed by atoms with Crippen LogP contribution in [0.25, 0.3) is 0 Å². The molecule has 1 aromatic heterocycles. The zero-order valence-corrected chi connectivity index (χ0v) is 15.9. The first-order chi connectivity index (χ1) is 12.5. The molecule has 2 saturated heterocycles. The molecule has 0 spiro atoms. The minimum atomic E-state index is -0.0641. The second-order valence-electron chi connectivity index (χ2n) is 7.69. The number of carbonyl (C=O) groups is 2. The molecule has 6 heteroatoms. The highest BCUT2D eigenvalue weighted by molar-refractivity contribution is 5.79. The monoisotopic (exact) mass is 358 g/mol. The van der Waals surface area contributed by atoms with Crippen molar-refractivity contribution in [3.63, 3.8) is 0 Å². The molecule has 0 aliphatic carbocycles. The van der Waals surface area contributed by atoms with Gasteiger partial charge in [-0.15, -0.1) is 0 Å². The molecule has 1 aromatic rings. The summed E-state index contributed by atoms with van der Waals surface area (Å²) in [4.78, 5) is 32.7. The van der Waals surface area contributed by atoms with E-state index in [9.17, 15) is 9.59 Å². The summed E-state index contributed by atoms with van der Waals surface area (Å²) >= 11 is 0. The molecule has 0 saturated carbocycles. The summed E-state index contributed by atoms with van der Waals surface area (Å²) in [7, 11) is 0. The van der Waals surface area contributed by atoms with E-state index in [1.54, 1.807) is 6.20 Å². The molecule has 1 N–H and O–H groups in total. The molecule has 2 amide bonds. The van der Waals surface area contributed by atoms with Crippen molar-refractivity contribution in [2.24, 2.45) is 5.92 Å². The van der Waals surface area contributed by atoms with Gasteiger partial charge in [0.05, 0.1) is 24.8 Å². The number of piperidine rings is 1. The van der Waals surface area contributed by atoms with E-state index in [1.165, 1.54) is 19.8 Å². The number of rotatable bonds is 5. The SMILES string of the molecule is CC(=O)NCc1cc([C@@H]2CCCN2C(=O)CN2CCC(C)CC2)ccn1. The van der Waals surface area contributed by atoms with Crippen LogP contribution in [0.1, 0.15) is 56.8 Å². The maximum atomic E-state index is 12.9. The average Bonchev–Trinajstić information content (AvgIpc) is 3.12. The lowest BCUT2D eigenvalue weighted by atomic mass is 9.99. The van der Waals surface area contributed by atoms with Crippen LogP contribution in [0.4, 0.5) is 0 Å². The average molecular weight is 358 g/mol. The quantitative estimate of drug-likeness (QED) is 0.876. The van der Waals surface area contributed by atoms with Gasteiger partial charge in [-0.25, -0.2) is 0 Å². The lowest BCUT2D eigenvalue weighted by Gasteiger charge is -2.32. The third-order valence-corrected chi connectivity index (χ3v) is 5.55. The van der Waals surface area contributed by atoms with Crippen LogP contribution in [0.2, 0.25) is 0 Å². The summed E-state index contributed by atoms with van der Waals surface area (Å²) < 4.78 is 0. The minimum Gasteiger partial charge on any atom is -0.351 e. The smallest absolute Gasteiger partial charge is 0.237 e. The Labute approximate surface area is 156 Å². The van der Waals surface area contributed by atoms with E-state index in [-0.39, 0.29) is 17.9 Å². The molecule has 2 aliphatic heterocycles. The van der Waals surface area contributed by atoms with E-state index in [0.717, 1.165) is 49.7 Å². The summed E-state index contributed by atoms with van der Waals surface area (Å²) in [5.74, 6) is 0.952. The highest BCUT2D eigenvalue weighted by atomic mass is 16.2. The van der Waals surface area contributed by atoms with E-state index in [2.05, 4.69) is 22.1 Å². The van der Waals surface area contributed by atoms with Gasteiger partial charge in [0, 0.05) is 19.7 Å². The van der Waals surface area contributed by atoms with Crippen LogP contribution in [0, 0.1) is 5.92 Å². The molecule has 3 heterocycles. The van der Waals surface area contributed by atoms with Crippen LogP contribution in [0.5, 0.6) is 0 Å². The number of hydrogen-bond donors (Lipinski definition) is 1. The Balaban J connectivity index is 1.63. The predicted octanol–water partition coefficient (Wildman–Crippen LogP) is 2.11. The van der Waals surface area contributed by atoms with Crippen molar-refractivity contribution < 1.29 is 9.59 Å². The number of likely N-dealkylation sites (tertiary alicyclic amines) is 2. The van der Waals surface area contributed by atoms with Gasteiger partial charge in [-0.05, 0) is 62.4 Å². The molecule has 0 radical (unpaired) electrons. The Morgan fingerprint density at radius 2 is 2.00 bits per heavy atom. The Bertz CT molecular complexity index is 640. The number of carbonyl (C=O) groups excluding carboxylic acids is 2. The Morgan fingerprint density at radius 1 is 1.23 bits per heavy atom. The van der Waals surface area contributed by atoms with Crippen molar-refractivity contribution in [1.82, 2.24) is 20.1 Å². The van der Waals surface area contributed by atoms with Gasteiger partial charge in [0.1, 0.15) is 0 Å². The van der Waals surface area contributed by atoms with Crippen LogP contribution in [0.3, 0.4) is 0 Å². The fraction of sp³-hybridized carbons (Fsp3) is 0.650. The molecular formula is C20H30N4O2. The molecule has 2 aliphatic rings. The molecule has 142 valence electrons. The first-order valence-electron chi connectivity index (χ1n) is 9.74. The van der Waals surface area contributed by atoms with Crippen LogP contribution in [0.15, 0.2) is 18.3 Å². The van der Waals surface area contributed by atoms with E-state index in [0.29, 0.717) is 13.1 Å². The maximum Gasteiger partial charge on any atom is 0.237 e. The number of nitrogens with zero attached hydrogens (tertiary/aromatic N) is 3. The Morgan fingerprint density at radius 3 is 2.73 bits per heavy atom. The third kappa shape index (κ3) is 4.81. The highest BCUT2D eigenvalue weighted by Gasteiger charge is 2.31. The van der Waals surface area contributed by atoms with Crippen LogP contribution < -0.4 is 5.32 Å². The first-order valence-corrected chi connectivity index (χ1v) is 9.74. The fourth-order valence-corrected chi connectivity index (χ4v) is 3.93. The zero-order valence-electron chi connectivity index (χ0n) is 15.9. The molecule has 0 bridgehead atoms. The molecule has 1 atom stereocenters. The Hall–Kier alpha value is -1.95. The normalized spacial score (nSPS) is 21.8. The fourth-order valence-electron chi connectivity index (χ4n) is 3.93. The molecule has 3 rings (SSSR count). The Kier molecular flexibility index (Phi) is 6.25. The lowest BCUT2D eigenvalue weighted by molar-refractivity contribution is -0.133. The number of pyridine rings is 1. The largest absolute Gasteiger partial charge is 0.351 e. The number of hydrogen-bond acceptors (Lipinski definition) is 4. The van der Waals surface area contributed by atoms with E-state index in [1.807, 2.05) is 17.0 Å². The van der Waals surface area contributed by atoms with Gasteiger partial charge in [-0.1, -0.05) is 6.92 Å². The van der Waals surface area contributed by atoms with Gasteiger partial charge in [0.25, 0.3) is 0 Å². The predicted molar refractivity (Wildman–Crippen MR) is 100 cm³/mol. The molecule has 0 unspecified atom stereocenters. The van der Waals surface area contributed by atoms with Gasteiger partial charge < -0.3 is 10.2 Å². The zero-order chi connectivity index (χ0) is 18.5. The summed E-state index contributed by atoms with van der Waals surface area (Å²) in [6.45, 7) is 7.64. The van der Waals surface area contributed by atoms with Gasteiger partial charge in [0.2, 0.25) is 11.8 Å². The van der Waals surface area contributed by atoms with Gasteiger partial charge in [-0.3, -0.25) is 19.5 Å². The van der Waals surface area contributed by atoms with Crippen molar-refractivity contribution in [3.05, 3.63) is 29.6 Å². The van der Waals surface area contributed by atoms with Crippen LogP contribution in [-0.2, 0) is 16.1 Å².